The van der Waals surface area contributed by atoms with E-state index in [2.05, 4.69) is 9.97 Å². The molecule has 3 rings (SSSR count). The lowest BCUT2D eigenvalue weighted by molar-refractivity contribution is 0.174. The first-order valence-electron chi connectivity index (χ1n) is 4.72. The number of fused-ring (bicyclic) bond motifs is 1. The Kier molecular flexibility index (Phi) is 1.80. The maximum atomic E-state index is 8.66. The molecule has 1 aliphatic rings. The number of benzene rings is 1. The van der Waals surface area contributed by atoms with Gasteiger partial charge in [-0.1, -0.05) is 0 Å². The molecule has 0 atom stereocenters. The van der Waals surface area contributed by atoms with E-state index in [1.807, 2.05) is 24.3 Å². The number of imidazole rings is 1. The first kappa shape index (κ1) is 8.80. The maximum absolute atomic E-state index is 8.66. The van der Waals surface area contributed by atoms with Crippen molar-refractivity contribution in [1.29, 1.82) is 5.26 Å². The van der Waals surface area contributed by atoms with E-state index >= 15 is 0 Å². The average molecular weight is 213 g/mol. The molecule has 5 heteroatoms. The summed E-state index contributed by atoms with van der Waals surface area (Å²) < 4.78 is 10.5. The molecule has 2 aromatic rings. The second-order valence-electron chi connectivity index (χ2n) is 3.33. The Morgan fingerprint density at radius 1 is 1.31 bits per heavy atom. The first-order valence-corrected chi connectivity index (χ1v) is 4.72. The number of nitrogens with zero attached hydrogens (tertiary/aromatic N) is 2. The molecule has 1 aliphatic heterocycles. The maximum Gasteiger partial charge on any atom is 0.231 e. The van der Waals surface area contributed by atoms with Crippen LogP contribution in [0.2, 0.25) is 0 Å². The molecule has 1 N–H and O–H groups in total. The van der Waals surface area contributed by atoms with Gasteiger partial charge in [0.05, 0.1) is 11.9 Å². The number of hydrogen-bond acceptors (Lipinski definition) is 4. The minimum absolute atomic E-state index is 0.255. The molecule has 0 amide bonds. The van der Waals surface area contributed by atoms with Crippen molar-refractivity contribution in [1.82, 2.24) is 9.97 Å². The van der Waals surface area contributed by atoms with E-state index in [-0.39, 0.29) is 6.79 Å². The number of ether oxygens (including phenoxy) is 2. The Labute approximate surface area is 91.3 Å². The van der Waals surface area contributed by atoms with E-state index in [0.717, 1.165) is 17.0 Å². The third kappa shape index (κ3) is 1.28. The van der Waals surface area contributed by atoms with E-state index in [1.54, 1.807) is 6.20 Å². The fourth-order valence-electron chi connectivity index (χ4n) is 1.59. The molecule has 2 heterocycles. The summed E-state index contributed by atoms with van der Waals surface area (Å²) in [5, 5.41) is 8.66. The Morgan fingerprint density at radius 3 is 3.00 bits per heavy atom. The van der Waals surface area contributed by atoms with Gasteiger partial charge in [-0.3, -0.25) is 0 Å². The van der Waals surface area contributed by atoms with Gasteiger partial charge in [0, 0.05) is 5.56 Å². The fraction of sp³-hybridized carbons (Fsp3) is 0.0909. The van der Waals surface area contributed by atoms with Crippen molar-refractivity contribution in [3.63, 3.8) is 0 Å². The van der Waals surface area contributed by atoms with E-state index in [0.29, 0.717) is 11.6 Å². The molecule has 0 saturated carbocycles. The van der Waals surface area contributed by atoms with Gasteiger partial charge in [-0.25, -0.2) is 4.98 Å². The Hall–Kier alpha value is -2.48. The second kappa shape index (κ2) is 3.28. The summed E-state index contributed by atoms with van der Waals surface area (Å²) in [4.78, 5) is 6.82. The lowest BCUT2D eigenvalue weighted by Gasteiger charge is -1.99. The summed E-state index contributed by atoms with van der Waals surface area (Å²) in [5.41, 5.74) is 1.70. The van der Waals surface area contributed by atoms with Gasteiger partial charge in [0.25, 0.3) is 0 Å². The molecule has 0 radical (unpaired) electrons. The van der Waals surface area contributed by atoms with Crippen LogP contribution in [0.3, 0.4) is 0 Å². The van der Waals surface area contributed by atoms with Crippen LogP contribution in [0.5, 0.6) is 11.5 Å². The van der Waals surface area contributed by atoms with Crippen molar-refractivity contribution in [2.75, 3.05) is 6.79 Å². The van der Waals surface area contributed by atoms with Gasteiger partial charge in [0.15, 0.2) is 11.5 Å². The highest BCUT2D eigenvalue weighted by Crippen LogP contribution is 2.35. The molecule has 0 unspecified atom stereocenters. The molecule has 0 spiro atoms. The minimum Gasteiger partial charge on any atom is -0.454 e. The number of hydrogen-bond donors (Lipinski definition) is 1. The summed E-state index contributed by atoms with van der Waals surface area (Å²) in [6, 6.07) is 7.53. The average Bonchev–Trinajstić information content (AvgIpc) is 2.96. The minimum atomic E-state index is 0.255. The molecular formula is C11H7N3O2. The van der Waals surface area contributed by atoms with Crippen molar-refractivity contribution in [3.8, 4) is 28.8 Å². The van der Waals surface area contributed by atoms with Gasteiger partial charge in [-0.15, -0.1) is 0 Å². The van der Waals surface area contributed by atoms with Crippen LogP contribution >= 0.6 is 0 Å². The molecule has 1 aromatic carbocycles. The quantitative estimate of drug-likeness (QED) is 0.782. The van der Waals surface area contributed by atoms with Crippen molar-refractivity contribution in [2.24, 2.45) is 0 Å². The zero-order valence-electron chi connectivity index (χ0n) is 8.23. The highest BCUT2D eigenvalue weighted by atomic mass is 16.7. The van der Waals surface area contributed by atoms with Crippen LogP contribution in [0.1, 0.15) is 5.82 Å². The first-order chi connectivity index (χ1) is 7.86. The molecule has 78 valence electrons. The van der Waals surface area contributed by atoms with E-state index in [9.17, 15) is 0 Å². The van der Waals surface area contributed by atoms with Crippen molar-refractivity contribution in [2.45, 2.75) is 0 Å². The predicted octanol–water partition coefficient (Wildman–Crippen LogP) is 1.68. The fourth-order valence-corrected chi connectivity index (χ4v) is 1.59. The lowest BCUT2D eigenvalue weighted by Crippen LogP contribution is -1.92. The summed E-state index contributed by atoms with van der Waals surface area (Å²) >= 11 is 0. The van der Waals surface area contributed by atoms with Crippen LogP contribution in [-0.2, 0) is 0 Å². The van der Waals surface area contributed by atoms with E-state index in [1.165, 1.54) is 0 Å². The molecule has 1 aromatic heterocycles. The molecule has 5 nitrogen and oxygen atoms in total. The standard InChI is InChI=1S/C11H7N3O2/c12-4-11-13-5-8(14-11)7-1-2-9-10(3-7)16-6-15-9/h1-3,5H,6H2,(H,13,14). The zero-order chi connectivity index (χ0) is 11.0. The van der Waals surface area contributed by atoms with Gasteiger partial charge >= 0.3 is 0 Å². The Morgan fingerprint density at radius 2 is 2.19 bits per heavy atom. The van der Waals surface area contributed by atoms with Crippen LogP contribution in [-0.4, -0.2) is 16.8 Å². The van der Waals surface area contributed by atoms with Crippen LogP contribution in [0.25, 0.3) is 11.3 Å². The number of aromatic nitrogens is 2. The topological polar surface area (TPSA) is 70.9 Å². The van der Waals surface area contributed by atoms with Crippen molar-refractivity contribution < 1.29 is 9.47 Å². The SMILES string of the molecule is N#Cc1ncc(-c2ccc3c(c2)OCO3)[nH]1. The Bertz CT molecular complexity index is 583. The van der Waals surface area contributed by atoms with Crippen molar-refractivity contribution in [3.05, 3.63) is 30.2 Å². The summed E-state index contributed by atoms with van der Waals surface area (Å²) in [7, 11) is 0. The molecule has 0 saturated heterocycles. The van der Waals surface area contributed by atoms with Crippen LogP contribution in [0, 0.1) is 11.3 Å². The molecule has 0 fully saturated rings. The molecule has 0 aliphatic carbocycles. The molecular weight excluding hydrogens is 206 g/mol. The Balaban J connectivity index is 2.04. The lowest BCUT2D eigenvalue weighted by atomic mass is 10.1. The number of nitrogens with one attached hydrogen (secondary N) is 1. The van der Waals surface area contributed by atoms with Gasteiger partial charge in [-0.2, -0.15) is 5.26 Å². The molecule has 16 heavy (non-hydrogen) atoms. The summed E-state index contributed by atoms with van der Waals surface area (Å²) in [5.74, 6) is 1.75. The van der Waals surface area contributed by atoms with E-state index in [4.69, 9.17) is 14.7 Å². The van der Waals surface area contributed by atoms with Gasteiger partial charge < -0.3 is 14.5 Å². The third-order valence-corrected chi connectivity index (χ3v) is 2.37. The smallest absolute Gasteiger partial charge is 0.231 e. The largest absolute Gasteiger partial charge is 0.454 e. The normalized spacial score (nSPS) is 12.4. The highest BCUT2D eigenvalue weighted by molar-refractivity contribution is 5.64. The van der Waals surface area contributed by atoms with E-state index < -0.39 is 0 Å². The number of aromatic amines is 1. The number of nitriles is 1. The van der Waals surface area contributed by atoms with Gasteiger partial charge in [0.1, 0.15) is 6.07 Å². The second-order valence-corrected chi connectivity index (χ2v) is 3.33. The van der Waals surface area contributed by atoms with Gasteiger partial charge in [-0.05, 0) is 18.2 Å². The van der Waals surface area contributed by atoms with Crippen LogP contribution in [0.15, 0.2) is 24.4 Å². The monoisotopic (exact) mass is 213 g/mol. The number of H-pyrrole nitrogens is 1. The number of rotatable bonds is 1. The predicted molar refractivity (Wildman–Crippen MR) is 54.9 cm³/mol. The van der Waals surface area contributed by atoms with Crippen molar-refractivity contribution >= 4 is 0 Å². The van der Waals surface area contributed by atoms with Gasteiger partial charge in [0.2, 0.25) is 12.6 Å². The zero-order valence-corrected chi connectivity index (χ0v) is 8.23. The summed E-state index contributed by atoms with van der Waals surface area (Å²) in [6.07, 6.45) is 1.62. The van der Waals surface area contributed by atoms with Crippen LogP contribution in [0.4, 0.5) is 0 Å². The summed E-state index contributed by atoms with van der Waals surface area (Å²) in [6.45, 7) is 0.255. The molecule has 0 bridgehead atoms. The third-order valence-electron chi connectivity index (χ3n) is 2.37. The van der Waals surface area contributed by atoms with Crippen LogP contribution < -0.4 is 9.47 Å². The highest BCUT2D eigenvalue weighted by Gasteiger charge is 2.14.